The first-order valence-electron chi connectivity index (χ1n) is 8.96. The van der Waals surface area contributed by atoms with Gasteiger partial charge in [-0.25, -0.2) is 4.98 Å². The summed E-state index contributed by atoms with van der Waals surface area (Å²) in [7, 11) is 0. The molecule has 0 saturated carbocycles. The summed E-state index contributed by atoms with van der Waals surface area (Å²) in [5.41, 5.74) is 1.19. The van der Waals surface area contributed by atoms with E-state index < -0.39 is 0 Å². The molecule has 4 rings (SSSR count). The summed E-state index contributed by atoms with van der Waals surface area (Å²) in [6.07, 6.45) is 6.48. The molecule has 2 aromatic heterocycles. The van der Waals surface area contributed by atoms with Crippen molar-refractivity contribution in [2.75, 3.05) is 36.4 Å². The molecule has 0 bridgehead atoms. The first kappa shape index (κ1) is 17.7. The van der Waals surface area contributed by atoms with E-state index in [9.17, 15) is 9.59 Å². The largest absolute Gasteiger partial charge is 0.459 e. The number of carbonyl (C=O) groups is 2. The standard InChI is InChI=1S/C20H19N5O3/c26-19(17-2-1-13-28-17)23-16-5-3-15(4-6-16)20(27)25-11-9-24(10-12-25)18-14-21-7-8-22-18/h1-8,13-14H,9-12H2,(H,23,26). The number of piperazine rings is 1. The first-order chi connectivity index (χ1) is 13.7. The fraction of sp³-hybridized carbons (Fsp3) is 0.200. The molecule has 28 heavy (non-hydrogen) atoms. The molecule has 0 aliphatic carbocycles. The maximum Gasteiger partial charge on any atom is 0.291 e. The van der Waals surface area contributed by atoms with E-state index in [0.29, 0.717) is 37.4 Å². The van der Waals surface area contributed by atoms with Gasteiger partial charge in [0.15, 0.2) is 5.76 Å². The maximum atomic E-state index is 12.7. The summed E-state index contributed by atoms with van der Waals surface area (Å²) >= 11 is 0. The summed E-state index contributed by atoms with van der Waals surface area (Å²) in [5.74, 6) is 0.708. The minimum atomic E-state index is -0.329. The molecule has 1 aliphatic heterocycles. The van der Waals surface area contributed by atoms with Gasteiger partial charge in [0, 0.05) is 49.8 Å². The third kappa shape index (κ3) is 3.85. The van der Waals surface area contributed by atoms with E-state index in [0.717, 1.165) is 5.82 Å². The van der Waals surface area contributed by atoms with Crippen LogP contribution in [0.15, 0.2) is 65.7 Å². The number of benzene rings is 1. The van der Waals surface area contributed by atoms with Crippen LogP contribution >= 0.6 is 0 Å². The summed E-state index contributed by atoms with van der Waals surface area (Å²) in [4.78, 5) is 37.1. The zero-order chi connectivity index (χ0) is 19.3. The topological polar surface area (TPSA) is 91.6 Å². The number of anilines is 2. The maximum absolute atomic E-state index is 12.7. The Kier molecular flexibility index (Phi) is 5.01. The van der Waals surface area contributed by atoms with Crippen molar-refractivity contribution in [3.8, 4) is 0 Å². The lowest BCUT2D eigenvalue weighted by atomic mass is 10.1. The molecule has 0 spiro atoms. The summed E-state index contributed by atoms with van der Waals surface area (Å²) in [6.45, 7) is 2.65. The zero-order valence-electron chi connectivity index (χ0n) is 15.1. The lowest BCUT2D eigenvalue weighted by molar-refractivity contribution is 0.0746. The van der Waals surface area contributed by atoms with Gasteiger partial charge in [-0.05, 0) is 36.4 Å². The lowest BCUT2D eigenvalue weighted by Crippen LogP contribution is -2.49. The second-order valence-electron chi connectivity index (χ2n) is 6.35. The van der Waals surface area contributed by atoms with Gasteiger partial charge in [-0.2, -0.15) is 0 Å². The number of nitrogens with zero attached hydrogens (tertiary/aromatic N) is 4. The van der Waals surface area contributed by atoms with Gasteiger partial charge in [0.2, 0.25) is 0 Å². The number of aromatic nitrogens is 2. The van der Waals surface area contributed by atoms with Gasteiger partial charge in [0.25, 0.3) is 11.8 Å². The van der Waals surface area contributed by atoms with E-state index in [1.54, 1.807) is 55.0 Å². The molecule has 0 atom stereocenters. The van der Waals surface area contributed by atoms with Crippen molar-refractivity contribution in [2.24, 2.45) is 0 Å². The Labute approximate surface area is 161 Å². The highest BCUT2D eigenvalue weighted by Gasteiger charge is 2.23. The Morgan fingerprint density at radius 2 is 1.79 bits per heavy atom. The Balaban J connectivity index is 1.34. The van der Waals surface area contributed by atoms with Crippen molar-refractivity contribution in [3.63, 3.8) is 0 Å². The van der Waals surface area contributed by atoms with Crippen LogP contribution in [-0.4, -0.2) is 52.9 Å². The molecule has 0 radical (unpaired) electrons. The summed E-state index contributed by atoms with van der Waals surface area (Å²) in [6, 6.07) is 10.1. The Hall–Kier alpha value is -3.68. The second-order valence-corrected chi connectivity index (χ2v) is 6.35. The number of amides is 2. The minimum Gasteiger partial charge on any atom is -0.459 e. The van der Waals surface area contributed by atoms with Crippen LogP contribution < -0.4 is 10.2 Å². The van der Waals surface area contributed by atoms with Gasteiger partial charge in [-0.15, -0.1) is 0 Å². The van der Waals surface area contributed by atoms with Crippen LogP contribution in [0.25, 0.3) is 0 Å². The van der Waals surface area contributed by atoms with E-state index in [2.05, 4.69) is 20.2 Å². The number of nitrogens with one attached hydrogen (secondary N) is 1. The predicted octanol–water partition coefficient (Wildman–Crippen LogP) is 2.28. The van der Waals surface area contributed by atoms with E-state index in [4.69, 9.17) is 4.42 Å². The smallest absolute Gasteiger partial charge is 0.291 e. The highest BCUT2D eigenvalue weighted by Crippen LogP contribution is 2.16. The van der Waals surface area contributed by atoms with Crippen molar-refractivity contribution in [1.82, 2.24) is 14.9 Å². The average Bonchev–Trinajstić information content (AvgIpc) is 3.30. The number of carbonyl (C=O) groups excluding carboxylic acids is 2. The molecule has 142 valence electrons. The normalized spacial score (nSPS) is 14.0. The predicted molar refractivity (Wildman–Crippen MR) is 103 cm³/mol. The van der Waals surface area contributed by atoms with Crippen LogP contribution in [0.2, 0.25) is 0 Å². The zero-order valence-corrected chi connectivity index (χ0v) is 15.1. The van der Waals surface area contributed by atoms with E-state index in [1.165, 1.54) is 6.26 Å². The van der Waals surface area contributed by atoms with Crippen LogP contribution in [-0.2, 0) is 0 Å². The fourth-order valence-electron chi connectivity index (χ4n) is 3.07. The monoisotopic (exact) mass is 377 g/mol. The van der Waals surface area contributed by atoms with Crippen molar-refractivity contribution < 1.29 is 14.0 Å². The van der Waals surface area contributed by atoms with Crippen LogP contribution in [0.4, 0.5) is 11.5 Å². The minimum absolute atomic E-state index is 0.0253. The number of rotatable bonds is 4. The van der Waals surface area contributed by atoms with E-state index >= 15 is 0 Å². The van der Waals surface area contributed by atoms with Crippen molar-refractivity contribution >= 4 is 23.3 Å². The SMILES string of the molecule is O=C(Nc1ccc(C(=O)N2CCN(c3cnccn3)CC2)cc1)c1ccco1. The Morgan fingerprint density at radius 3 is 2.43 bits per heavy atom. The van der Waals surface area contributed by atoms with Gasteiger partial charge in [-0.1, -0.05) is 0 Å². The molecular formula is C20H19N5O3. The molecule has 1 aromatic carbocycles. The molecule has 1 saturated heterocycles. The molecule has 0 unspecified atom stereocenters. The van der Waals surface area contributed by atoms with Crippen LogP contribution in [0.1, 0.15) is 20.9 Å². The Morgan fingerprint density at radius 1 is 1.00 bits per heavy atom. The summed E-state index contributed by atoms with van der Waals surface area (Å²) in [5, 5.41) is 2.74. The molecule has 2 amide bonds. The van der Waals surface area contributed by atoms with Crippen molar-refractivity contribution in [1.29, 1.82) is 0 Å². The molecular weight excluding hydrogens is 358 g/mol. The highest BCUT2D eigenvalue weighted by atomic mass is 16.3. The molecule has 3 heterocycles. The lowest BCUT2D eigenvalue weighted by Gasteiger charge is -2.35. The molecule has 8 heteroatoms. The first-order valence-corrected chi connectivity index (χ1v) is 8.96. The molecule has 1 fully saturated rings. The molecule has 1 N–H and O–H groups in total. The van der Waals surface area contributed by atoms with Gasteiger partial charge in [0.1, 0.15) is 5.82 Å². The van der Waals surface area contributed by atoms with Crippen molar-refractivity contribution in [2.45, 2.75) is 0 Å². The Bertz CT molecular complexity index is 934. The third-order valence-electron chi connectivity index (χ3n) is 4.58. The number of hydrogen-bond donors (Lipinski definition) is 1. The highest BCUT2D eigenvalue weighted by molar-refractivity contribution is 6.02. The van der Waals surface area contributed by atoms with Gasteiger partial charge >= 0.3 is 0 Å². The van der Waals surface area contributed by atoms with E-state index in [1.807, 2.05) is 4.90 Å². The quantitative estimate of drug-likeness (QED) is 0.750. The molecule has 8 nitrogen and oxygen atoms in total. The fourth-order valence-corrected chi connectivity index (χ4v) is 3.07. The van der Waals surface area contributed by atoms with E-state index in [-0.39, 0.29) is 17.6 Å². The van der Waals surface area contributed by atoms with Gasteiger partial charge in [0.05, 0.1) is 12.5 Å². The van der Waals surface area contributed by atoms with Crippen LogP contribution in [0.3, 0.4) is 0 Å². The van der Waals surface area contributed by atoms with Crippen LogP contribution in [0, 0.1) is 0 Å². The average molecular weight is 377 g/mol. The third-order valence-corrected chi connectivity index (χ3v) is 4.58. The molecule has 3 aromatic rings. The molecule has 1 aliphatic rings. The van der Waals surface area contributed by atoms with Crippen LogP contribution in [0.5, 0.6) is 0 Å². The number of furan rings is 1. The summed E-state index contributed by atoms with van der Waals surface area (Å²) < 4.78 is 5.06. The van der Waals surface area contributed by atoms with Crippen molar-refractivity contribution in [3.05, 3.63) is 72.6 Å². The second kappa shape index (κ2) is 7.91. The number of hydrogen-bond acceptors (Lipinski definition) is 6. The van der Waals surface area contributed by atoms with Gasteiger partial charge in [-0.3, -0.25) is 14.6 Å². The van der Waals surface area contributed by atoms with Gasteiger partial charge < -0.3 is 19.5 Å².